The smallest absolute Gasteiger partial charge is 0.235 e. The van der Waals surface area contributed by atoms with Crippen LogP contribution in [0.2, 0.25) is 0 Å². The van der Waals surface area contributed by atoms with Crippen molar-refractivity contribution < 1.29 is 4.42 Å². The highest BCUT2D eigenvalue weighted by Gasteiger charge is 2.19. The molecule has 0 saturated carbocycles. The van der Waals surface area contributed by atoms with Crippen LogP contribution in [-0.2, 0) is 0 Å². The Balaban J connectivity index is 1.17. The average molecular weight is 564 g/mol. The van der Waals surface area contributed by atoms with Crippen LogP contribution in [0.3, 0.4) is 0 Å². The fourth-order valence-electron chi connectivity index (χ4n) is 6.49. The monoisotopic (exact) mass is 563 g/mol. The Morgan fingerprint density at radius 3 is 1.95 bits per heavy atom. The summed E-state index contributed by atoms with van der Waals surface area (Å²) in [6.07, 6.45) is 1.84. The van der Waals surface area contributed by atoms with Crippen LogP contribution in [0.1, 0.15) is 0 Å². The third-order valence-electron chi connectivity index (χ3n) is 8.53. The summed E-state index contributed by atoms with van der Waals surface area (Å²) in [7, 11) is 0. The van der Waals surface area contributed by atoms with Crippen molar-refractivity contribution in [1.29, 1.82) is 0 Å². The zero-order chi connectivity index (χ0) is 29.0. The summed E-state index contributed by atoms with van der Waals surface area (Å²) in [4.78, 5) is 9.86. The summed E-state index contributed by atoms with van der Waals surface area (Å²) in [6, 6.07) is 50.6. The fraction of sp³-hybridized carbons (Fsp3) is 0. The lowest BCUT2D eigenvalue weighted by Crippen LogP contribution is -2.01. The van der Waals surface area contributed by atoms with Gasteiger partial charge in [0.05, 0.1) is 22.1 Å². The zero-order valence-electron chi connectivity index (χ0n) is 23.7. The van der Waals surface area contributed by atoms with Gasteiger partial charge >= 0.3 is 0 Å². The topological polar surface area (TPSA) is 43.9 Å². The fourth-order valence-corrected chi connectivity index (χ4v) is 6.49. The molecule has 0 aliphatic heterocycles. The molecule has 6 aromatic carbocycles. The summed E-state index contributed by atoms with van der Waals surface area (Å²) in [5, 5.41) is 4.42. The number of aromatic nitrogens is 3. The number of hydrogen-bond donors (Lipinski definition) is 0. The molecular weight excluding hydrogens is 538 g/mol. The van der Waals surface area contributed by atoms with Crippen molar-refractivity contribution in [3.05, 3.63) is 152 Å². The number of furan rings is 1. The summed E-state index contributed by atoms with van der Waals surface area (Å²) in [5.41, 5.74) is 10.5. The molecule has 0 aliphatic rings. The molecule has 0 spiro atoms. The van der Waals surface area contributed by atoms with Gasteiger partial charge in [0.25, 0.3) is 0 Å². The summed E-state index contributed by atoms with van der Waals surface area (Å²) in [6.45, 7) is 0. The molecule has 3 aromatic heterocycles. The first kappa shape index (κ1) is 24.6. The van der Waals surface area contributed by atoms with E-state index in [-0.39, 0.29) is 0 Å². The van der Waals surface area contributed by atoms with Crippen molar-refractivity contribution in [3.63, 3.8) is 0 Å². The quantitative estimate of drug-likeness (QED) is 0.214. The number of nitrogens with zero attached hydrogens (tertiary/aromatic N) is 3. The van der Waals surface area contributed by atoms with E-state index in [0.29, 0.717) is 5.95 Å². The normalized spacial score (nSPS) is 11.6. The molecule has 0 atom stereocenters. The van der Waals surface area contributed by atoms with E-state index in [1.54, 1.807) is 0 Å². The molecule has 0 unspecified atom stereocenters. The van der Waals surface area contributed by atoms with Crippen LogP contribution < -0.4 is 0 Å². The Morgan fingerprint density at radius 1 is 0.477 bits per heavy atom. The summed E-state index contributed by atoms with van der Waals surface area (Å²) in [5.74, 6) is 0.627. The first-order chi connectivity index (χ1) is 21.8. The third-order valence-corrected chi connectivity index (χ3v) is 8.53. The molecule has 9 aromatic rings. The number of benzene rings is 6. The minimum Gasteiger partial charge on any atom is -0.455 e. The minimum absolute atomic E-state index is 0.627. The van der Waals surface area contributed by atoms with Crippen molar-refractivity contribution in [2.24, 2.45) is 0 Å². The first-order valence-electron chi connectivity index (χ1n) is 14.8. The predicted octanol–water partition coefficient (Wildman–Crippen LogP) is 10.5. The van der Waals surface area contributed by atoms with Gasteiger partial charge in [-0.3, -0.25) is 4.57 Å². The van der Waals surface area contributed by atoms with Crippen molar-refractivity contribution >= 4 is 43.7 Å². The predicted molar refractivity (Wildman–Crippen MR) is 180 cm³/mol. The van der Waals surface area contributed by atoms with E-state index in [9.17, 15) is 0 Å². The minimum atomic E-state index is 0.627. The van der Waals surface area contributed by atoms with Gasteiger partial charge in [0, 0.05) is 27.9 Å². The van der Waals surface area contributed by atoms with Gasteiger partial charge in [0.2, 0.25) is 5.95 Å². The van der Waals surface area contributed by atoms with E-state index in [4.69, 9.17) is 14.4 Å². The second-order valence-corrected chi connectivity index (χ2v) is 11.0. The number of rotatable bonds is 4. The molecule has 4 heteroatoms. The van der Waals surface area contributed by atoms with Crippen LogP contribution in [0.5, 0.6) is 0 Å². The highest BCUT2D eigenvalue weighted by Crippen LogP contribution is 2.40. The maximum atomic E-state index is 6.45. The maximum Gasteiger partial charge on any atom is 0.235 e. The first-order valence-corrected chi connectivity index (χ1v) is 14.8. The van der Waals surface area contributed by atoms with Crippen LogP contribution in [0.15, 0.2) is 156 Å². The largest absolute Gasteiger partial charge is 0.455 e. The maximum absolute atomic E-state index is 6.45. The molecule has 0 N–H and O–H groups in total. The van der Waals surface area contributed by atoms with Gasteiger partial charge in [-0.1, -0.05) is 115 Å². The lowest BCUT2D eigenvalue weighted by Gasteiger charge is -2.11. The van der Waals surface area contributed by atoms with Gasteiger partial charge in [-0.25, -0.2) is 9.97 Å². The van der Waals surface area contributed by atoms with Gasteiger partial charge in [-0.2, -0.15) is 0 Å². The summed E-state index contributed by atoms with van der Waals surface area (Å²) >= 11 is 0. The van der Waals surface area contributed by atoms with Crippen molar-refractivity contribution in [3.8, 4) is 39.5 Å². The molecule has 0 amide bonds. The van der Waals surface area contributed by atoms with Crippen molar-refractivity contribution in [2.45, 2.75) is 0 Å². The molecule has 3 heterocycles. The Labute approximate surface area is 253 Å². The van der Waals surface area contributed by atoms with E-state index in [1.165, 1.54) is 22.3 Å². The highest BCUT2D eigenvalue weighted by molar-refractivity contribution is 6.23. The van der Waals surface area contributed by atoms with Gasteiger partial charge in [0.15, 0.2) is 0 Å². The molecule has 9 rings (SSSR count). The molecule has 0 saturated heterocycles. The van der Waals surface area contributed by atoms with Crippen molar-refractivity contribution in [1.82, 2.24) is 14.5 Å². The molecule has 0 bridgehead atoms. The second kappa shape index (κ2) is 9.79. The van der Waals surface area contributed by atoms with Crippen LogP contribution >= 0.6 is 0 Å². The Kier molecular flexibility index (Phi) is 5.47. The molecule has 4 nitrogen and oxygen atoms in total. The molecule has 44 heavy (non-hydrogen) atoms. The van der Waals surface area contributed by atoms with Gasteiger partial charge < -0.3 is 4.42 Å². The van der Waals surface area contributed by atoms with Crippen molar-refractivity contribution in [2.75, 3.05) is 0 Å². The van der Waals surface area contributed by atoms with Gasteiger partial charge in [-0.05, 0) is 52.6 Å². The Hall–Kier alpha value is -6.00. The molecule has 0 aliphatic carbocycles. The number of para-hydroxylation sites is 2. The average Bonchev–Trinajstić information content (AvgIpc) is 3.65. The highest BCUT2D eigenvalue weighted by atomic mass is 16.3. The lowest BCUT2D eigenvalue weighted by atomic mass is 9.94. The number of hydrogen-bond acceptors (Lipinski definition) is 3. The van der Waals surface area contributed by atoms with Crippen LogP contribution in [0.25, 0.3) is 83.2 Å². The van der Waals surface area contributed by atoms with Crippen LogP contribution in [-0.4, -0.2) is 14.5 Å². The van der Waals surface area contributed by atoms with Crippen LogP contribution in [0.4, 0.5) is 0 Å². The Bertz CT molecular complexity index is 2490. The van der Waals surface area contributed by atoms with E-state index in [2.05, 4.69) is 132 Å². The zero-order valence-corrected chi connectivity index (χ0v) is 23.7. The van der Waals surface area contributed by atoms with Gasteiger partial charge in [-0.15, -0.1) is 0 Å². The molecule has 0 fully saturated rings. The lowest BCUT2D eigenvalue weighted by molar-refractivity contribution is 0.673. The number of fused-ring (bicyclic) bond motifs is 7. The molecule has 206 valence electrons. The second-order valence-electron chi connectivity index (χ2n) is 11.0. The summed E-state index contributed by atoms with van der Waals surface area (Å²) < 4.78 is 8.59. The third kappa shape index (κ3) is 3.78. The molecular formula is C40H25N3O. The van der Waals surface area contributed by atoms with Gasteiger partial charge in [0.1, 0.15) is 11.2 Å². The van der Waals surface area contributed by atoms with E-state index in [1.807, 2.05) is 24.4 Å². The standard InChI is InChI=1S/C40H25N3O/c1-2-10-26(11-3-1)29-12-4-5-13-30(29)27-18-20-28(21-19-27)34-24-25-41-40(42-34)43-35-16-8-6-15-33(35)38-36(43)23-22-32-31-14-7-9-17-37(31)44-39(32)38/h1-25H. The molecule has 0 radical (unpaired) electrons. The van der Waals surface area contributed by atoms with E-state index in [0.717, 1.165) is 55.0 Å². The van der Waals surface area contributed by atoms with E-state index < -0.39 is 0 Å². The Morgan fingerprint density at radius 2 is 1.14 bits per heavy atom. The SMILES string of the molecule is c1ccc(-c2ccccc2-c2ccc(-c3ccnc(-n4c5ccccc5c5c6oc7ccccc7c6ccc54)n3)cc2)cc1. The van der Waals surface area contributed by atoms with Crippen LogP contribution in [0, 0.1) is 0 Å². The van der Waals surface area contributed by atoms with E-state index >= 15 is 0 Å².